The van der Waals surface area contributed by atoms with Crippen LogP contribution in [-0.2, 0) is 9.53 Å². The molecular weight excluding hydrogens is 362 g/mol. The molecule has 9 heteroatoms. The van der Waals surface area contributed by atoms with Gasteiger partial charge in [0.05, 0.1) is 33.5 Å². The summed E-state index contributed by atoms with van der Waals surface area (Å²) in [5.41, 5.74) is 1.51. The van der Waals surface area contributed by atoms with Crippen molar-refractivity contribution in [3.8, 4) is 11.5 Å². The van der Waals surface area contributed by atoms with Crippen molar-refractivity contribution in [3.05, 3.63) is 17.7 Å². The normalized spacial score (nSPS) is 18.7. The lowest BCUT2D eigenvalue weighted by molar-refractivity contribution is -0.108. The maximum Gasteiger partial charge on any atom is 0.213 e. The molecule has 0 atom stereocenters. The van der Waals surface area contributed by atoms with E-state index in [9.17, 15) is 4.79 Å². The number of amides is 1. The van der Waals surface area contributed by atoms with Gasteiger partial charge in [-0.15, -0.1) is 0 Å². The van der Waals surface area contributed by atoms with Crippen LogP contribution in [-0.4, -0.2) is 87.7 Å². The van der Waals surface area contributed by atoms with Gasteiger partial charge in [-0.25, -0.2) is 4.99 Å². The molecule has 0 spiro atoms. The fourth-order valence-corrected chi connectivity index (χ4v) is 3.66. The minimum Gasteiger partial charge on any atom is -0.491 e. The number of nitrogens with one attached hydrogen (secondary N) is 1. The summed E-state index contributed by atoms with van der Waals surface area (Å²) in [5.74, 6) is 2.46. The van der Waals surface area contributed by atoms with Crippen LogP contribution < -0.4 is 14.8 Å². The van der Waals surface area contributed by atoms with Crippen LogP contribution in [0.3, 0.4) is 0 Å². The van der Waals surface area contributed by atoms with Gasteiger partial charge >= 0.3 is 0 Å². The lowest BCUT2D eigenvalue weighted by Gasteiger charge is -2.28. The van der Waals surface area contributed by atoms with Gasteiger partial charge in [-0.1, -0.05) is 0 Å². The summed E-state index contributed by atoms with van der Waals surface area (Å²) in [6.45, 7) is 6.47. The second-order valence-corrected chi connectivity index (χ2v) is 6.70. The lowest BCUT2D eigenvalue weighted by Crippen LogP contribution is -2.45. The molecule has 0 saturated carbocycles. The molecule has 0 aliphatic carbocycles. The molecule has 28 heavy (non-hydrogen) atoms. The highest BCUT2D eigenvalue weighted by molar-refractivity contribution is 6.17. The smallest absolute Gasteiger partial charge is 0.213 e. The summed E-state index contributed by atoms with van der Waals surface area (Å²) in [4.78, 5) is 24.4. The molecule has 3 aliphatic rings. The largest absolute Gasteiger partial charge is 0.491 e. The average molecular weight is 387 g/mol. The number of carbonyl (C=O) groups excluding carboxylic acids is 1. The minimum atomic E-state index is 0.460. The SMILES string of the molecule is COc1c(OCCCN2CCOCC2)ccc2c1N=C(NC=O)N1CCN=C21. The van der Waals surface area contributed by atoms with E-state index in [4.69, 9.17) is 14.2 Å². The number of nitrogens with zero attached hydrogens (tertiary/aromatic N) is 4. The van der Waals surface area contributed by atoms with Gasteiger partial charge in [0, 0.05) is 31.7 Å². The van der Waals surface area contributed by atoms with E-state index < -0.39 is 0 Å². The van der Waals surface area contributed by atoms with Crippen molar-refractivity contribution in [3.63, 3.8) is 0 Å². The van der Waals surface area contributed by atoms with E-state index in [1.54, 1.807) is 7.11 Å². The standard InChI is InChI=1S/C19H25N5O4/c1-26-17-15(28-10-2-6-23-8-11-27-12-9-23)4-3-14-16(17)22-19(21-13-25)24-7-5-20-18(14)24/h3-4,13H,2,5-12H2,1H3,(H,21,22,25). The number of hydrogen-bond donors (Lipinski definition) is 1. The molecule has 1 aromatic carbocycles. The average Bonchev–Trinajstić information content (AvgIpc) is 3.22. The summed E-state index contributed by atoms with van der Waals surface area (Å²) < 4.78 is 17.0. The van der Waals surface area contributed by atoms with Crippen molar-refractivity contribution in [2.24, 2.45) is 9.98 Å². The predicted molar refractivity (Wildman–Crippen MR) is 105 cm³/mol. The molecular formula is C19H25N5O4. The third-order valence-electron chi connectivity index (χ3n) is 5.02. The van der Waals surface area contributed by atoms with Crippen LogP contribution in [0.1, 0.15) is 12.0 Å². The first-order valence-electron chi connectivity index (χ1n) is 9.57. The number of rotatable bonds is 7. The fraction of sp³-hybridized carbons (Fsp3) is 0.526. The number of fused-ring (bicyclic) bond motifs is 3. The van der Waals surface area contributed by atoms with Crippen molar-refractivity contribution in [1.82, 2.24) is 15.1 Å². The Morgan fingerprint density at radius 2 is 2.14 bits per heavy atom. The highest BCUT2D eigenvalue weighted by Gasteiger charge is 2.32. The third kappa shape index (κ3) is 3.67. The molecule has 1 saturated heterocycles. The van der Waals surface area contributed by atoms with Crippen molar-refractivity contribution in [2.75, 3.05) is 59.7 Å². The number of guanidine groups is 1. The second-order valence-electron chi connectivity index (χ2n) is 6.70. The molecule has 4 rings (SSSR count). The Balaban J connectivity index is 1.49. The Morgan fingerprint density at radius 1 is 1.29 bits per heavy atom. The molecule has 1 amide bonds. The molecule has 3 heterocycles. The molecule has 150 valence electrons. The Hall–Kier alpha value is -2.65. The Labute approximate surface area is 164 Å². The van der Waals surface area contributed by atoms with Crippen LogP contribution in [0.5, 0.6) is 11.5 Å². The van der Waals surface area contributed by atoms with E-state index in [1.807, 2.05) is 17.0 Å². The minimum absolute atomic E-state index is 0.460. The van der Waals surface area contributed by atoms with Gasteiger partial charge in [-0.05, 0) is 18.6 Å². The van der Waals surface area contributed by atoms with Crippen molar-refractivity contribution >= 4 is 23.9 Å². The molecule has 3 aliphatic heterocycles. The molecule has 1 N–H and O–H groups in total. The van der Waals surface area contributed by atoms with Crippen LogP contribution in [0.25, 0.3) is 0 Å². The topological polar surface area (TPSA) is 88.0 Å². The van der Waals surface area contributed by atoms with Gasteiger partial charge in [-0.3, -0.25) is 24.9 Å². The summed E-state index contributed by atoms with van der Waals surface area (Å²) >= 11 is 0. The first kappa shape index (κ1) is 18.7. The molecule has 0 aromatic heterocycles. The summed E-state index contributed by atoms with van der Waals surface area (Å²) in [5, 5.41) is 2.66. The maximum atomic E-state index is 11.0. The predicted octanol–water partition coefficient (Wildman–Crippen LogP) is 0.606. The Bertz CT molecular complexity index is 789. The zero-order valence-electron chi connectivity index (χ0n) is 16.0. The van der Waals surface area contributed by atoms with Crippen LogP contribution in [0.4, 0.5) is 5.69 Å². The van der Waals surface area contributed by atoms with Gasteiger partial charge in [0.15, 0.2) is 11.5 Å². The Morgan fingerprint density at radius 3 is 2.93 bits per heavy atom. The summed E-state index contributed by atoms with van der Waals surface area (Å²) in [6, 6.07) is 3.85. The quantitative estimate of drug-likeness (QED) is 0.545. The van der Waals surface area contributed by atoms with Crippen LogP contribution in [0, 0.1) is 0 Å². The van der Waals surface area contributed by atoms with Gasteiger partial charge in [0.1, 0.15) is 11.5 Å². The molecule has 0 unspecified atom stereocenters. The monoisotopic (exact) mass is 387 g/mol. The zero-order chi connectivity index (χ0) is 19.3. The van der Waals surface area contributed by atoms with E-state index in [2.05, 4.69) is 20.2 Å². The van der Waals surface area contributed by atoms with Crippen LogP contribution >= 0.6 is 0 Å². The highest BCUT2D eigenvalue weighted by Crippen LogP contribution is 2.43. The van der Waals surface area contributed by atoms with E-state index in [1.165, 1.54) is 0 Å². The summed E-state index contributed by atoms with van der Waals surface area (Å²) in [7, 11) is 1.60. The van der Waals surface area contributed by atoms with Crippen molar-refractivity contribution in [2.45, 2.75) is 6.42 Å². The molecule has 9 nitrogen and oxygen atoms in total. The number of methoxy groups -OCH3 is 1. The van der Waals surface area contributed by atoms with Crippen molar-refractivity contribution in [1.29, 1.82) is 0 Å². The zero-order valence-corrected chi connectivity index (χ0v) is 16.0. The van der Waals surface area contributed by atoms with Crippen LogP contribution in [0.15, 0.2) is 22.1 Å². The number of carbonyl (C=O) groups is 1. The number of morpholine rings is 1. The Kier molecular flexibility index (Phi) is 5.73. The van der Waals surface area contributed by atoms with E-state index in [0.29, 0.717) is 49.3 Å². The second kappa shape index (κ2) is 8.57. The van der Waals surface area contributed by atoms with Gasteiger partial charge < -0.3 is 14.2 Å². The summed E-state index contributed by atoms with van der Waals surface area (Å²) in [6.07, 6.45) is 1.54. The highest BCUT2D eigenvalue weighted by atomic mass is 16.5. The number of ether oxygens (including phenoxy) is 3. The van der Waals surface area contributed by atoms with E-state index >= 15 is 0 Å². The van der Waals surface area contributed by atoms with Gasteiger partial charge in [0.2, 0.25) is 12.4 Å². The molecule has 1 fully saturated rings. The van der Waals surface area contributed by atoms with E-state index in [0.717, 1.165) is 50.7 Å². The van der Waals surface area contributed by atoms with Gasteiger partial charge in [0.25, 0.3) is 0 Å². The maximum absolute atomic E-state index is 11.0. The number of benzene rings is 1. The molecule has 0 radical (unpaired) electrons. The lowest BCUT2D eigenvalue weighted by atomic mass is 10.1. The number of aliphatic imine (C=N–C) groups is 2. The fourth-order valence-electron chi connectivity index (χ4n) is 3.66. The first-order chi connectivity index (χ1) is 13.8. The van der Waals surface area contributed by atoms with Crippen LogP contribution in [0.2, 0.25) is 0 Å². The van der Waals surface area contributed by atoms with Crippen molar-refractivity contribution < 1.29 is 19.0 Å². The van der Waals surface area contributed by atoms with Gasteiger partial charge in [-0.2, -0.15) is 0 Å². The van der Waals surface area contributed by atoms with E-state index in [-0.39, 0.29) is 0 Å². The molecule has 1 aromatic rings. The number of hydrogen-bond acceptors (Lipinski definition) is 8. The third-order valence-corrected chi connectivity index (χ3v) is 5.02. The number of amidine groups is 1. The molecule has 0 bridgehead atoms. The first-order valence-corrected chi connectivity index (χ1v) is 9.57.